The molecule has 1 aromatic carbocycles. The molecule has 1 aliphatic rings. The molecule has 7 nitrogen and oxygen atoms in total. The molecule has 35 heavy (non-hydrogen) atoms. The van der Waals surface area contributed by atoms with Gasteiger partial charge in [-0.3, -0.25) is 9.59 Å². The predicted octanol–water partition coefficient (Wildman–Crippen LogP) is 5.72. The van der Waals surface area contributed by atoms with Gasteiger partial charge < -0.3 is 15.0 Å². The van der Waals surface area contributed by atoms with Crippen LogP contribution in [0.2, 0.25) is 15.1 Å². The summed E-state index contributed by atoms with van der Waals surface area (Å²) in [7, 11) is 0. The molecule has 1 fully saturated rings. The summed E-state index contributed by atoms with van der Waals surface area (Å²) in [5, 5.41) is 4.05. The van der Waals surface area contributed by atoms with Gasteiger partial charge in [-0.15, -0.1) is 0 Å². The molecular formula is C25H23Cl3N4O3. The number of ether oxygens (including phenoxy) is 1. The van der Waals surface area contributed by atoms with Gasteiger partial charge in [0.15, 0.2) is 0 Å². The van der Waals surface area contributed by atoms with Crippen LogP contribution in [-0.2, 0) is 4.79 Å². The summed E-state index contributed by atoms with van der Waals surface area (Å²) in [6, 6.07) is 12.2. The Hall–Kier alpha value is -2.87. The number of pyridine rings is 2. The average molecular weight is 534 g/mol. The van der Waals surface area contributed by atoms with Crippen LogP contribution < -0.4 is 10.1 Å². The van der Waals surface area contributed by atoms with Crippen molar-refractivity contribution in [1.29, 1.82) is 0 Å². The minimum absolute atomic E-state index is 0.0392. The number of amides is 2. The Morgan fingerprint density at radius 2 is 1.83 bits per heavy atom. The van der Waals surface area contributed by atoms with Gasteiger partial charge in [0, 0.05) is 50.3 Å². The maximum Gasteiger partial charge on any atom is 0.255 e. The summed E-state index contributed by atoms with van der Waals surface area (Å²) in [4.78, 5) is 34.7. The molecule has 1 aliphatic heterocycles. The predicted molar refractivity (Wildman–Crippen MR) is 136 cm³/mol. The zero-order chi connectivity index (χ0) is 25.1. The molecule has 2 amide bonds. The van der Waals surface area contributed by atoms with E-state index in [9.17, 15) is 9.59 Å². The number of rotatable bonds is 6. The van der Waals surface area contributed by atoms with Crippen molar-refractivity contribution < 1.29 is 14.3 Å². The van der Waals surface area contributed by atoms with Gasteiger partial charge in [-0.05, 0) is 42.8 Å². The van der Waals surface area contributed by atoms with Crippen LogP contribution >= 0.6 is 34.8 Å². The van der Waals surface area contributed by atoms with Gasteiger partial charge in [-0.1, -0.05) is 40.9 Å². The fraction of sp³-hybridized carbons (Fsp3) is 0.280. The van der Waals surface area contributed by atoms with Crippen LogP contribution in [0.15, 0.2) is 54.9 Å². The summed E-state index contributed by atoms with van der Waals surface area (Å²) >= 11 is 18.4. The number of aromatic nitrogens is 2. The van der Waals surface area contributed by atoms with E-state index in [1.54, 1.807) is 35.2 Å². The van der Waals surface area contributed by atoms with E-state index in [0.29, 0.717) is 45.4 Å². The van der Waals surface area contributed by atoms with Crippen LogP contribution in [0, 0.1) is 5.92 Å². The van der Waals surface area contributed by atoms with Gasteiger partial charge in [-0.25, -0.2) is 9.97 Å². The van der Waals surface area contributed by atoms with Gasteiger partial charge in [0.1, 0.15) is 11.9 Å². The second-order valence-corrected chi connectivity index (χ2v) is 9.66. The van der Waals surface area contributed by atoms with E-state index in [1.807, 2.05) is 19.1 Å². The Bertz CT molecular complexity index is 1220. The molecule has 182 valence electrons. The number of nitrogens with zero attached hydrogens (tertiary/aromatic N) is 3. The first-order valence-electron chi connectivity index (χ1n) is 11.0. The van der Waals surface area contributed by atoms with E-state index in [0.717, 1.165) is 5.56 Å². The van der Waals surface area contributed by atoms with Crippen molar-refractivity contribution in [2.45, 2.75) is 25.9 Å². The molecule has 3 atom stereocenters. The first kappa shape index (κ1) is 25.2. The summed E-state index contributed by atoms with van der Waals surface area (Å²) in [6.45, 7) is 4.29. The smallest absolute Gasteiger partial charge is 0.255 e. The highest BCUT2D eigenvalue weighted by Gasteiger charge is 2.40. The van der Waals surface area contributed by atoms with E-state index in [1.165, 1.54) is 19.3 Å². The van der Waals surface area contributed by atoms with Gasteiger partial charge in [0.05, 0.1) is 20.6 Å². The molecule has 3 heterocycles. The Labute approximate surface area is 218 Å². The van der Waals surface area contributed by atoms with Gasteiger partial charge in [0.25, 0.3) is 5.91 Å². The summed E-state index contributed by atoms with van der Waals surface area (Å²) in [6.07, 6.45) is 2.73. The fourth-order valence-corrected chi connectivity index (χ4v) is 4.65. The highest BCUT2D eigenvalue weighted by molar-refractivity contribution is 6.42. The van der Waals surface area contributed by atoms with Crippen molar-refractivity contribution >= 4 is 52.4 Å². The number of halogens is 3. The zero-order valence-corrected chi connectivity index (χ0v) is 21.3. The van der Waals surface area contributed by atoms with Gasteiger partial charge >= 0.3 is 0 Å². The molecule has 0 spiro atoms. The van der Waals surface area contributed by atoms with E-state index < -0.39 is 0 Å². The summed E-state index contributed by atoms with van der Waals surface area (Å²) in [5.41, 5.74) is 1.40. The Balaban J connectivity index is 1.57. The molecule has 10 heteroatoms. The van der Waals surface area contributed by atoms with Crippen molar-refractivity contribution in [3.8, 4) is 5.88 Å². The van der Waals surface area contributed by atoms with Crippen molar-refractivity contribution in [3.63, 3.8) is 0 Å². The lowest BCUT2D eigenvalue weighted by molar-refractivity contribution is -0.114. The second-order valence-electron chi connectivity index (χ2n) is 8.40. The molecule has 2 aromatic heterocycles. The number of carbonyl (C=O) groups is 2. The monoisotopic (exact) mass is 532 g/mol. The quantitative estimate of drug-likeness (QED) is 0.438. The van der Waals surface area contributed by atoms with Gasteiger partial charge in [-0.2, -0.15) is 0 Å². The number of hydrogen-bond donors (Lipinski definition) is 1. The minimum atomic E-state index is -0.263. The van der Waals surface area contributed by atoms with Crippen LogP contribution in [-0.4, -0.2) is 45.9 Å². The van der Waals surface area contributed by atoms with E-state index in [-0.39, 0.29) is 29.8 Å². The third kappa shape index (κ3) is 6.04. The molecule has 4 rings (SSSR count). The van der Waals surface area contributed by atoms with E-state index >= 15 is 0 Å². The van der Waals surface area contributed by atoms with Crippen molar-refractivity contribution in [2.75, 3.05) is 18.4 Å². The Morgan fingerprint density at radius 3 is 2.46 bits per heavy atom. The third-order valence-electron chi connectivity index (χ3n) is 5.95. The summed E-state index contributed by atoms with van der Waals surface area (Å²) in [5.74, 6) is 0.378. The average Bonchev–Trinajstić information content (AvgIpc) is 3.28. The topological polar surface area (TPSA) is 84.4 Å². The molecule has 0 radical (unpaired) electrons. The normalized spacial score (nSPS) is 18.3. The molecule has 0 aliphatic carbocycles. The largest absolute Gasteiger partial charge is 0.474 e. The van der Waals surface area contributed by atoms with Crippen molar-refractivity contribution in [1.82, 2.24) is 14.9 Å². The second kappa shape index (κ2) is 10.8. The molecule has 3 unspecified atom stereocenters. The third-order valence-corrected chi connectivity index (χ3v) is 6.91. The SMILES string of the molecule is CC(=O)Nc1ccc(C(=O)N2CC(c3ccc(Cl)c(Cl)c3)C(C(C)Oc3ccc(Cl)cn3)C2)cn1. The molecule has 0 saturated carbocycles. The zero-order valence-electron chi connectivity index (χ0n) is 19.0. The standard InChI is InChI=1S/C25H23Cl3N4O3/c1-14(35-24-8-5-18(26)11-30-24)19-12-32(13-20(19)16-3-6-21(27)22(28)9-16)25(34)17-4-7-23(29-10-17)31-15(2)33/h3-11,14,19-20H,12-13H2,1-2H3,(H,29,31,33). The lowest BCUT2D eigenvalue weighted by Crippen LogP contribution is -2.32. The lowest BCUT2D eigenvalue weighted by Gasteiger charge is -2.25. The van der Waals surface area contributed by atoms with Crippen molar-refractivity contribution in [2.24, 2.45) is 5.92 Å². The minimum Gasteiger partial charge on any atom is -0.474 e. The molecule has 3 aromatic rings. The number of nitrogens with one attached hydrogen (secondary N) is 1. The first-order chi connectivity index (χ1) is 16.7. The molecule has 1 saturated heterocycles. The fourth-order valence-electron chi connectivity index (χ4n) is 4.23. The lowest BCUT2D eigenvalue weighted by atomic mass is 9.86. The van der Waals surface area contributed by atoms with Crippen LogP contribution in [0.25, 0.3) is 0 Å². The van der Waals surface area contributed by atoms with E-state index in [4.69, 9.17) is 39.5 Å². The molecular weight excluding hydrogens is 511 g/mol. The number of anilines is 1. The summed E-state index contributed by atoms with van der Waals surface area (Å²) < 4.78 is 6.13. The highest BCUT2D eigenvalue weighted by atomic mass is 35.5. The maximum atomic E-state index is 13.3. The Morgan fingerprint density at radius 1 is 1.03 bits per heavy atom. The highest BCUT2D eigenvalue weighted by Crippen LogP contribution is 2.38. The molecule has 1 N–H and O–H groups in total. The maximum absolute atomic E-state index is 13.3. The van der Waals surface area contributed by atoms with Gasteiger partial charge in [0.2, 0.25) is 11.8 Å². The van der Waals surface area contributed by atoms with Crippen LogP contribution in [0.5, 0.6) is 5.88 Å². The van der Waals surface area contributed by atoms with Crippen molar-refractivity contribution in [3.05, 3.63) is 81.1 Å². The van der Waals surface area contributed by atoms with Crippen LogP contribution in [0.3, 0.4) is 0 Å². The van der Waals surface area contributed by atoms with Crippen LogP contribution in [0.4, 0.5) is 5.82 Å². The van der Waals surface area contributed by atoms with E-state index in [2.05, 4.69) is 15.3 Å². The Kier molecular flexibility index (Phi) is 7.79. The number of carbonyl (C=O) groups excluding carboxylic acids is 2. The van der Waals surface area contributed by atoms with Crippen LogP contribution in [0.1, 0.15) is 35.7 Å². The number of hydrogen-bond acceptors (Lipinski definition) is 5. The first-order valence-corrected chi connectivity index (χ1v) is 12.1. The number of likely N-dealkylation sites (tertiary alicyclic amines) is 1. The molecule has 0 bridgehead atoms. The number of benzene rings is 1.